The van der Waals surface area contributed by atoms with E-state index in [9.17, 15) is 0 Å². The molecule has 1 heterocycles. The second kappa shape index (κ2) is 7.93. The highest BCUT2D eigenvalue weighted by Gasteiger charge is 2.35. The van der Waals surface area contributed by atoms with Gasteiger partial charge in [-0.05, 0) is 59.0 Å². The van der Waals surface area contributed by atoms with E-state index in [-0.39, 0.29) is 5.54 Å². The molecular formula is C15H31N3. The fraction of sp³-hybridized carbons (Fsp3) is 0.867. The molecule has 0 aromatic rings. The summed E-state index contributed by atoms with van der Waals surface area (Å²) in [6, 6.07) is 0.388. The van der Waals surface area contributed by atoms with Gasteiger partial charge in [0, 0.05) is 11.6 Å². The van der Waals surface area contributed by atoms with Gasteiger partial charge in [0.1, 0.15) is 0 Å². The van der Waals surface area contributed by atoms with Crippen molar-refractivity contribution in [3.05, 3.63) is 12.7 Å². The zero-order valence-electron chi connectivity index (χ0n) is 12.3. The van der Waals surface area contributed by atoms with Gasteiger partial charge in [0.05, 0.1) is 0 Å². The molecule has 0 bridgehead atoms. The monoisotopic (exact) mass is 253 g/mol. The van der Waals surface area contributed by atoms with Crippen LogP contribution in [0.15, 0.2) is 12.7 Å². The molecule has 1 fully saturated rings. The fourth-order valence-corrected chi connectivity index (χ4v) is 2.97. The number of hydrazine groups is 1. The molecule has 0 saturated carbocycles. The predicted molar refractivity (Wildman–Crippen MR) is 79.3 cm³/mol. The van der Waals surface area contributed by atoms with Crippen molar-refractivity contribution in [3.63, 3.8) is 0 Å². The van der Waals surface area contributed by atoms with Gasteiger partial charge < -0.3 is 0 Å². The van der Waals surface area contributed by atoms with Crippen LogP contribution in [-0.4, -0.2) is 29.6 Å². The summed E-state index contributed by atoms with van der Waals surface area (Å²) in [5.74, 6) is 5.77. The maximum absolute atomic E-state index is 5.77. The van der Waals surface area contributed by atoms with Gasteiger partial charge in [-0.15, -0.1) is 6.58 Å². The summed E-state index contributed by atoms with van der Waals surface area (Å²) < 4.78 is 0. The largest absolute Gasteiger partial charge is 0.297 e. The van der Waals surface area contributed by atoms with Crippen LogP contribution in [0.25, 0.3) is 0 Å². The summed E-state index contributed by atoms with van der Waals surface area (Å²) in [7, 11) is 0. The third kappa shape index (κ3) is 4.38. The molecule has 18 heavy (non-hydrogen) atoms. The molecule has 1 aliphatic heterocycles. The number of allylic oxidation sites excluding steroid dienone is 1. The highest BCUT2D eigenvalue weighted by atomic mass is 15.3. The third-order valence-corrected chi connectivity index (χ3v) is 4.38. The van der Waals surface area contributed by atoms with Crippen molar-refractivity contribution in [1.29, 1.82) is 0 Å². The molecular weight excluding hydrogens is 222 g/mol. The van der Waals surface area contributed by atoms with Crippen LogP contribution in [0.5, 0.6) is 0 Å². The Morgan fingerprint density at radius 1 is 1.28 bits per heavy atom. The molecule has 0 spiro atoms. The van der Waals surface area contributed by atoms with E-state index in [1.807, 2.05) is 6.08 Å². The summed E-state index contributed by atoms with van der Waals surface area (Å²) in [5.41, 5.74) is 3.22. The second-order valence-electron chi connectivity index (χ2n) is 5.99. The Labute approximate surface area is 113 Å². The molecule has 0 aliphatic carbocycles. The minimum atomic E-state index is 0.170. The smallest absolute Gasteiger partial charge is 0.0389 e. The molecule has 3 N–H and O–H groups in total. The van der Waals surface area contributed by atoms with E-state index in [0.29, 0.717) is 6.04 Å². The number of rotatable bonds is 9. The Bertz CT molecular complexity index is 232. The lowest BCUT2D eigenvalue weighted by Gasteiger charge is -2.42. The summed E-state index contributed by atoms with van der Waals surface area (Å²) in [5, 5.41) is 0. The minimum absolute atomic E-state index is 0.170. The Morgan fingerprint density at radius 2 is 1.94 bits per heavy atom. The van der Waals surface area contributed by atoms with Crippen LogP contribution >= 0.6 is 0 Å². The summed E-state index contributed by atoms with van der Waals surface area (Å²) in [6.45, 7) is 10.9. The number of nitrogens with two attached hydrogens (primary N) is 1. The van der Waals surface area contributed by atoms with E-state index in [4.69, 9.17) is 5.84 Å². The molecule has 1 atom stereocenters. The van der Waals surface area contributed by atoms with Gasteiger partial charge in [0.15, 0.2) is 0 Å². The van der Waals surface area contributed by atoms with Crippen molar-refractivity contribution in [1.82, 2.24) is 10.3 Å². The lowest BCUT2D eigenvalue weighted by Crippen LogP contribution is -2.58. The minimum Gasteiger partial charge on any atom is -0.297 e. The summed E-state index contributed by atoms with van der Waals surface area (Å²) >= 11 is 0. The Kier molecular flexibility index (Phi) is 6.90. The second-order valence-corrected chi connectivity index (χ2v) is 5.99. The molecule has 0 amide bonds. The number of likely N-dealkylation sites (tertiary alicyclic amines) is 1. The standard InChI is InChI=1S/C15H31N3/c1-4-5-6-7-8-11-14(17-16)15(2,3)18-12-9-10-13-18/h4,14,17H,1,5-13,16H2,2-3H3. The van der Waals surface area contributed by atoms with Crippen molar-refractivity contribution in [2.24, 2.45) is 5.84 Å². The molecule has 1 rings (SSSR count). The number of nitrogens with zero attached hydrogens (tertiary/aromatic N) is 1. The highest BCUT2D eigenvalue weighted by Crippen LogP contribution is 2.26. The number of nitrogens with one attached hydrogen (secondary N) is 1. The first-order chi connectivity index (χ1) is 8.62. The van der Waals surface area contributed by atoms with Crippen LogP contribution in [0, 0.1) is 0 Å². The molecule has 1 aliphatic rings. The quantitative estimate of drug-likeness (QED) is 0.287. The zero-order valence-corrected chi connectivity index (χ0v) is 12.3. The number of unbranched alkanes of at least 4 members (excludes halogenated alkanes) is 3. The lowest BCUT2D eigenvalue weighted by molar-refractivity contribution is 0.101. The van der Waals surface area contributed by atoms with Gasteiger partial charge >= 0.3 is 0 Å². The molecule has 0 radical (unpaired) electrons. The van der Waals surface area contributed by atoms with E-state index in [2.05, 4.69) is 30.8 Å². The van der Waals surface area contributed by atoms with Crippen LogP contribution in [0.3, 0.4) is 0 Å². The SMILES string of the molecule is C=CCCCCCC(NN)C(C)(C)N1CCCC1. The molecule has 0 aromatic carbocycles. The van der Waals surface area contributed by atoms with Gasteiger partial charge in [-0.1, -0.05) is 18.9 Å². The van der Waals surface area contributed by atoms with Gasteiger partial charge in [0.25, 0.3) is 0 Å². The van der Waals surface area contributed by atoms with Crippen molar-refractivity contribution < 1.29 is 0 Å². The summed E-state index contributed by atoms with van der Waals surface area (Å²) in [4.78, 5) is 2.58. The van der Waals surface area contributed by atoms with Crippen LogP contribution in [0.4, 0.5) is 0 Å². The molecule has 3 nitrogen and oxygen atoms in total. The first-order valence-electron chi connectivity index (χ1n) is 7.45. The Morgan fingerprint density at radius 3 is 2.50 bits per heavy atom. The van der Waals surface area contributed by atoms with E-state index < -0.39 is 0 Å². The fourth-order valence-electron chi connectivity index (χ4n) is 2.97. The maximum Gasteiger partial charge on any atom is 0.0389 e. The van der Waals surface area contributed by atoms with Crippen molar-refractivity contribution in [2.45, 2.75) is 70.4 Å². The maximum atomic E-state index is 5.77. The molecule has 106 valence electrons. The Balaban J connectivity index is 2.35. The Hall–Kier alpha value is -0.380. The third-order valence-electron chi connectivity index (χ3n) is 4.38. The molecule has 1 unspecified atom stereocenters. The van der Waals surface area contributed by atoms with Gasteiger partial charge in [-0.25, -0.2) is 0 Å². The normalized spacial score (nSPS) is 19.1. The average molecular weight is 253 g/mol. The first kappa shape index (κ1) is 15.7. The van der Waals surface area contributed by atoms with Crippen molar-refractivity contribution >= 4 is 0 Å². The molecule has 3 heteroatoms. The lowest BCUT2D eigenvalue weighted by atomic mass is 9.89. The van der Waals surface area contributed by atoms with E-state index >= 15 is 0 Å². The highest BCUT2D eigenvalue weighted by molar-refractivity contribution is 4.94. The molecule has 0 aromatic heterocycles. The van der Waals surface area contributed by atoms with Crippen LogP contribution in [0.2, 0.25) is 0 Å². The molecule has 1 saturated heterocycles. The predicted octanol–water partition coefficient (Wildman–Crippen LogP) is 2.83. The summed E-state index contributed by atoms with van der Waals surface area (Å²) in [6.07, 6.45) is 10.8. The van der Waals surface area contributed by atoms with Crippen molar-refractivity contribution in [2.75, 3.05) is 13.1 Å². The van der Waals surface area contributed by atoms with E-state index in [1.165, 1.54) is 45.2 Å². The van der Waals surface area contributed by atoms with Crippen LogP contribution in [0.1, 0.15) is 58.8 Å². The first-order valence-corrected chi connectivity index (χ1v) is 7.45. The van der Waals surface area contributed by atoms with Crippen LogP contribution in [-0.2, 0) is 0 Å². The van der Waals surface area contributed by atoms with Gasteiger partial charge in [0.2, 0.25) is 0 Å². The van der Waals surface area contributed by atoms with Gasteiger partial charge in [-0.3, -0.25) is 16.2 Å². The number of hydrogen-bond acceptors (Lipinski definition) is 3. The number of hydrogen-bond donors (Lipinski definition) is 2. The van der Waals surface area contributed by atoms with Gasteiger partial charge in [-0.2, -0.15) is 0 Å². The zero-order chi connectivity index (χ0) is 13.4. The van der Waals surface area contributed by atoms with E-state index in [1.54, 1.807) is 0 Å². The topological polar surface area (TPSA) is 41.3 Å². The van der Waals surface area contributed by atoms with Crippen LogP contribution < -0.4 is 11.3 Å². The van der Waals surface area contributed by atoms with Crippen molar-refractivity contribution in [3.8, 4) is 0 Å². The average Bonchev–Trinajstić information content (AvgIpc) is 2.88. The van der Waals surface area contributed by atoms with E-state index in [0.717, 1.165) is 12.8 Å².